The number of nitriles is 1. The predicted octanol–water partition coefficient (Wildman–Crippen LogP) is 1.77. The van der Waals surface area contributed by atoms with E-state index in [9.17, 15) is 8.42 Å². The van der Waals surface area contributed by atoms with E-state index in [2.05, 4.69) is 4.98 Å². The van der Waals surface area contributed by atoms with Crippen LogP contribution in [-0.4, -0.2) is 42.1 Å². The second kappa shape index (κ2) is 8.72. The maximum absolute atomic E-state index is 12.6. The molecule has 0 spiro atoms. The van der Waals surface area contributed by atoms with Crippen LogP contribution >= 0.6 is 0 Å². The molecule has 0 fully saturated rings. The topological polar surface area (TPSA) is 77.3 Å². The quantitative estimate of drug-likeness (QED) is 0.696. The summed E-state index contributed by atoms with van der Waals surface area (Å²) in [5.74, 6) is 0. The molecule has 0 atom stereocenters. The molecule has 0 saturated heterocycles. The first-order chi connectivity index (χ1) is 10.0. The highest BCUT2D eigenvalue weighted by atomic mass is 32.2. The second-order valence-corrected chi connectivity index (χ2v) is 6.82. The van der Waals surface area contributed by atoms with Crippen LogP contribution < -0.4 is 0 Å². The van der Waals surface area contributed by atoms with Crippen LogP contribution in [0.3, 0.4) is 0 Å². The average molecular weight is 310 g/mol. The summed E-state index contributed by atoms with van der Waals surface area (Å²) in [5, 5.41) is 8.73. The summed E-state index contributed by atoms with van der Waals surface area (Å²) >= 11 is 0. The lowest BCUT2D eigenvalue weighted by Crippen LogP contribution is -2.42. The molecule has 7 heteroatoms. The zero-order valence-corrected chi connectivity index (χ0v) is 13.4. The van der Waals surface area contributed by atoms with Crippen molar-refractivity contribution in [1.29, 1.82) is 5.26 Å². The van der Waals surface area contributed by atoms with Crippen molar-refractivity contribution in [2.24, 2.45) is 0 Å². The fourth-order valence-corrected chi connectivity index (χ4v) is 3.23. The molecule has 1 rings (SSSR count). The first kappa shape index (κ1) is 17.6. The Balaban J connectivity index is 2.87. The average Bonchev–Trinajstić information content (AvgIpc) is 2.49. The Labute approximate surface area is 127 Å². The summed E-state index contributed by atoms with van der Waals surface area (Å²) in [6.45, 7) is 2.91. The van der Waals surface area contributed by atoms with Crippen molar-refractivity contribution in [2.75, 3.05) is 20.1 Å². The van der Waals surface area contributed by atoms with Crippen molar-refractivity contribution in [3.05, 3.63) is 30.1 Å². The molecule has 1 heterocycles. The van der Waals surface area contributed by atoms with Gasteiger partial charge in [0.15, 0.2) is 0 Å². The molecule has 0 radical (unpaired) electrons. The van der Waals surface area contributed by atoms with Gasteiger partial charge in [-0.25, -0.2) is 0 Å². The third-order valence-corrected chi connectivity index (χ3v) is 5.04. The van der Waals surface area contributed by atoms with Gasteiger partial charge in [-0.1, -0.05) is 19.4 Å². The van der Waals surface area contributed by atoms with Crippen molar-refractivity contribution in [3.8, 4) is 6.07 Å². The monoisotopic (exact) mass is 310 g/mol. The smallest absolute Gasteiger partial charge is 0.264 e. The molecule has 0 aliphatic heterocycles. The van der Waals surface area contributed by atoms with Gasteiger partial charge in [-0.2, -0.15) is 22.3 Å². The number of hydrogen-bond donors (Lipinski definition) is 0. The van der Waals surface area contributed by atoms with Crippen LogP contribution in [0.1, 0.15) is 31.7 Å². The van der Waals surface area contributed by atoms with Gasteiger partial charge in [-0.3, -0.25) is 4.98 Å². The number of hydrogen-bond acceptors (Lipinski definition) is 4. The van der Waals surface area contributed by atoms with Gasteiger partial charge in [0.2, 0.25) is 0 Å². The lowest BCUT2D eigenvalue weighted by molar-refractivity contribution is 0.355. The molecule has 0 aliphatic rings. The molecule has 0 N–H and O–H groups in total. The van der Waals surface area contributed by atoms with Gasteiger partial charge < -0.3 is 0 Å². The molecule has 0 bridgehead atoms. The third kappa shape index (κ3) is 5.42. The molecular formula is C14H22N4O2S. The maximum Gasteiger partial charge on any atom is 0.282 e. The fourth-order valence-electron chi connectivity index (χ4n) is 1.84. The Morgan fingerprint density at radius 3 is 2.71 bits per heavy atom. The van der Waals surface area contributed by atoms with E-state index >= 15 is 0 Å². The number of pyridine rings is 1. The minimum Gasteiger partial charge on any atom is -0.264 e. The van der Waals surface area contributed by atoms with E-state index in [4.69, 9.17) is 5.26 Å². The Bertz CT molecular complexity index is 554. The molecule has 6 nitrogen and oxygen atoms in total. The van der Waals surface area contributed by atoms with E-state index in [-0.39, 0.29) is 19.5 Å². The van der Waals surface area contributed by atoms with Crippen LogP contribution in [0.2, 0.25) is 0 Å². The summed E-state index contributed by atoms with van der Waals surface area (Å²) < 4.78 is 27.8. The first-order valence-corrected chi connectivity index (χ1v) is 8.39. The van der Waals surface area contributed by atoms with Crippen molar-refractivity contribution in [3.63, 3.8) is 0 Å². The Morgan fingerprint density at radius 2 is 2.14 bits per heavy atom. The van der Waals surface area contributed by atoms with E-state index in [1.165, 1.54) is 8.61 Å². The van der Waals surface area contributed by atoms with Gasteiger partial charge >= 0.3 is 0 Å². The Morgan fingerprint density at radius 1 is 1.38 bits per heavy atom. The van der Waals surface area contributed by atoms with Gasteiger partial charge in [-0.15, -0.1) is 0 Å². The minimum atomic E-state index is -3.56. The Kier molecular flexibility index (Phi) is 7.29. The lowest BCUT2D eigenvalue weighted by Gasteiger charge is -2.27. The molecule has 0 aliphatic carbocycles. The van der Waals surface area contributed by atoms with E-state index in [1.54, 1.807) is 25.5 Å². The molecule has 1 aromatic heterocycles. The molecule has 116 valence electrons. The summed E-state index contributed by atoms with van der Waals surface area (Å²) in [6, 6.07) is 5.59. The summed E-state index contributed by atoms with van der Waals surface area (Å²) in [7, 11) is -1.98. The van der Waals surface area contributed by atoms with Crippen molar-refractivity contribution < 1.29 is 8.42 Å². The van der Waals surface area contributed by atoms with Gasteiger partial charge in [0.25, 0.3) is 10.2 Å². The van der Waals surface area contributed by atoms with E-state index < -0.39 is 10.2 Å². The van der Waals surface area contributed by atoms with Crippen LogP contribution in [0.25, 0.3) is 0 Å². The summed E-state index contributed by atoms with van der Waals surface area (Å²) in [5.41, 5.74) is 0.808. The van der Waals surface area contributed by atoms with Gasteiger partial charge in [0, 0.05) is 45.5 Å². The van der Waals surface area contributed by atoms with Gasteiger partial charge in [0.1, 0.15) is 0 Å². The lowest BCUT2D eigenvalue weighted by atomic mass is 10.3. The number of aromatic nitrogens is 1. The van der Waals surface area contributed by atoms with Crippen LogP contribution in [-0.2, 0) is 16.8 Å². The molecule has 1 aromatic rings. The highest BCUT2D eigenvalue weighted by Crippen LogP contribution is 2.13. The molecule has 0 amide bonds. The second-order valence-electron chi connectivity index (χ2n) is 4.79. The van der Waals surface area contributed by atoms with Crippen LogP contribution in [0.5, 0.6) is 0 Å². The number of unbranched alkanes of at least 4 members (excludes halogenated alkanes) is 1. The van der Waals surface area contributed by atoms with Crippen molar-refractivity contribution in [2.45, 2.75) is 32.7 Å². The number of nitrogens with zero attached hydrogens (tertiary/aromatic N) is 4. The highest BCUT2D eigenvalue weighted by molar-refractivity contribution is 7.86. The summed E-state index contributed by atoms with van der Waals surface area (Å²) in [6.07, 6.45) is 5.20. The fraction of sp³-hybridized carbons (Fsp3) is 0.571. The standard InChI is InChI=1S/C14H22N4O2S/c1-3-4-10-17(2)21(19,20)18(11-6-8-15)13-14-7-5-9-16-12-14/h5,7,9,12H,3-4,6,10-11,13H2,1-2H3. The Hall–Kier alpha value is -1.49. The van der Waals surface area contributed by atoms with Crippen LogP contribution in [0.15, 0.2) is 24.5 Å². The normalized spacial score (nSPS) is 11.8. The zero-order valence-electron chi connectivity index (χ0n) is 12.6. The van der Waals surface area contributed by atoms with Crippen LogP contribution in [0.4, 0.5) is 0 Å². The van der Waals surface area contributed by atoms with Gasteiger partial charge in [0.05, 0.1) is 6.07 Å². The van der Waals surface area contributed by atoms with E-state index in [0.717, 1.165) is 18.4 Å². The van der Waals surface area contributed by atoms with Crippen molar-refractivity contribution >= 4 is 10.2 Å². The van der Waals surface area contributed by atoms with Gasteiger partial charge in [-0.05, 0) is 18.1 Å². The van der Waals surface area contributed by atoms with Crippen LogP contribution in [0, 0.1) is 11.3 Å². The summed E-state index contributed by atoms with van der Waals surface area (Å²) in [4.78, 5) is 3.99. The third-order valence-electron chi connectivity index (χ3n) is 3.10. The maximum atomic E-state index is 12.6. The van der Waals surface area contributed by atoms with Crippen molar-refractivity contribution in [1.82, 2.24) is 13.6 Å². The molecule has 0 saturated carbocycles. The largest absolute Gasteiger partial charge is 0.282 e. The first-order valence-electron chi connectivity index (χ1n) is 6.99. The number of rotatable bonds is 9. The molecule has 21 heavy (non-hydrogen) atoms. The SMILES string of the molecule is CCCCN(C)S(=O)(=O)N(CCC#N)Cc1cccnc1. The van der Waals surface area contributed by atoms with E-state index in [1.807, 2.05) is 19.1 Å². The zero-order chi connectivity index (χ0) is 15.7. The molecule has 0 aromatic carbocycles. The predicted molar refractivity (Wildman–Crippen MR) is 81.3 cm³/mol. The highest BCUT2D eigenvalue weighted by Gasteiger charge is 2.26. The minimum absolute atomic E-state index is 0.168. The molecular weight excluding hydrogens is 288 g/mol. The van der Waals surface area contributed by atoms with E-state index in [0.29, 0.717) is 6.54 Å². The molecule has 0 unspecified atom stereocenters.